The molecular formula is C8H10N4O. The molecule has 0 aromatic carbocycles. The molecule has 0 saturated heterocycles. The van der Waals surface area contributed by atoms with Crippen molar-refractivity contribution in [1.29, 1.82) is 0 Å². The summed E-state index contributed by atoms with van der Waals surface area (Å²) in [5.74, 6) is 0. The minimum absolute atomic E-state index is 0.138. The zero-order valence-electron chi connectivity index (χ0n) is 7.05. The quantitative estimate of drug-likeness (QED) is 0.671. The van der Waals surface area contributed by atoms with E-state index >= 15 is 0 Å². The number of pyridine rings is 1. The van der Waals surface area contributed by atoms with Gasteiger partial charge in [0.25, 0.3) is 0 Å². The molecule has 5 heteroatoms. The summed E-state index contributed by atoms with van der Waals surface area (Å²) >= 11 is 0. The Kier molecular flexibility index (Phi) is 1.86. The van der Waals surface area contributed by atoms with Crippen molar-refractivity contribution in [2.24, 2.45) is 5.73 Å². The van der Waals surface area contributed by atoms with Gasteiger partial charge in [-0.1, -0.05) is 6.07 Å². The maximum absolute atomic E-state index is 11.5. The summed E-state index contributed by atoms with van der Waals surface area (Å²) in [7, 11) is 0. The zero-order chi connectivity index (χ0) is 9.26. The first kappa shape index (κ1) is 8.00. The van der Waals surface area contributed by atoms with Crippen molar-refractivity contribution in [2.45, 2.75) is 6.54 Å². The van der Waals surface area contributed by atoms with Crippen LogP contribution >= 0.6 is 0 Å². The first-order valence-corrected chi connectivity index (χ1v) is 4.07. The monoisotopic (exact) mass is 178 g/mol. The average molecular weight is 178 g/mol. The Morgan fingerprint density at radius 1 is 1.46 bits per heavy atom. The number of hydrogen-bond acceptors (Lipinski definition) is 3. The molecule has 2 rings (SSSR count). The van der Waals surface area contributed by atoms with Gasteiger partial charge in [-0.2, -0.15) is 0 Å². The largest absolute Gasteiger partial charge is 0.350 e. The smallest absolute Gasteiger partial charge is 0.329 e. The van der Waals surface area contributed by atoms with Crippen LogP contribution in [0.1, 0.15) is 0 Å². The third-order valence-electron chi connectivity index (χ3n) is 1.83. The Labute approximate surface area is 74.4 Å². The summed E-state index contributed by atoms with van der Waals surface area (Å²) in [6, 6.07) is 5.42. The number of aromatic nitrogens is 3. The lowest BCUT2D eigenvalue weighted by molar-refractivity contribution is 0.602. The summed E-state index contributed by atoms with van der Waals surface area (Å²) in [5, 5.41) is 4.09. The molecular weight excluding hydrogens is 168 g/mol. The molecule has 2 aromatic rings. The summed E-state index contributed by atoms with van der Waals surface area (Å²) in [6.45, 7) is 0.879. The predicted octanol–water partition coefficient (Wildman–Crippen LogP) is -0.545. The summed E-state index contributed by atoms with van der Waals surface area (Å²) in [4.78, 5) is 11.5. The predicted molar refractivity (Wildman–Crippen MR) is 48.5 cm³/mol. The molecule has 0 unspecified atom stereocenters. The lowest BCUT2D eigenvalue weighted by Crippen LogP contribution is -2.24. The Hall–Kier alpha value is -1.62. The van der Waals surface area contributed by atoms with E-state index in [0.717, 1.165) is 0 Å². The lowest BCUT2D eigenvalue weighted by Gasteiger charge is -1.91. The van der Waals surface area contributed by atoms with E-state index in [1.165, 1.54) is 9.08 Å². The fourth-order valence-corrected chi connectivity index (χ4v) is 1.24. The second-order valence-electron chi connectivity index (χ2n) is 2.72. The zero-order valence-corrected chi connectivity index (χ0v) is 7.05. The molecule has 2 heterocycles. The average Bonchev–Trinajstić information content (AvgIpc) is 2.46. The molecule has 5 nitrogen and oxygen atoms in total. The van der Waals surface area contributed by atoms with E-state index in [0.29, 0.717) is 18.7 Å². The molecule has 2 N–H and O–H groups in total. The van der Waals surface area contributed by atoms with Gasteiger partial charge in [0.05, 0.1) is 6.54 Å². The molecule has 0 bridgehead atoms. The molecule has 0 radical (unpaired) electrons. The van der Waals surface area contributed by atoms with Gasteiger partial charge in [0.15, 0.2) is 5.65 Å². The van der Waals surface area contributed by atoms with Crippen LogP contribution in [0.25, 0.3) is 5.65 Å². The highest BCUT2D eigenvalue weighted by Gasteiger charge is 2.03. The summed E-state index contributed by atoms with van der Waals surface area (Å²) in [6.07, 6.45) is 1.69. The number of rotatable bonds is 2. The SMILES string of the molecule is NCCn1nc2ccccn2c1=O. The van der Waals surface area contributed by atoms with Crippen LogP contribution in [-0.2, 0) is 6.54 Å². The van der Waals surface area contributed by atoms with E-state index in [2.05, 4.69) is 5.10 Å². The molecule has 0 aliphatic heterocycles. The molecule has 0 amide bonds. The van der Waals surface area contributed by atoms with Gasteiger partial charge in [-0.25, -0.2) is 9.48 Å². The minimum atomic E-state index is -0.138. The maximum atomic E-state index is 11.5. The number of fused-ring (bicyclic) bond motifs is 1. The molecule has 13 heavy (non-hydrogen) atoms. The van der Waals surface area contributed by atoms with E-state index in [1.807, 2.05) is 6.07 Å². The highest BCUT2D eigenvalue weighted by atomic mass is 16.2. The maximum Gasteiger partial charge on any atom is 0.350 e. The highest BCUT2D eigenvalue weighted by molar-refractivity contribution is 5.35. The Bertz CT molecular complexity index is 470. The fourth-order valence-electron chi connectivity index (χ4n) is 1.24. The van der Waals surface area contributed by atoms with Gasteiger partial charge >= 0.3 is 5.69 Å². The van der Waals surface area contributed by atoms with Crippen LogP contribution in [0.15, 0.2) is 29.2 Å². The van der Waals surface area contributed by atoms with Crippen LogP contribution in [0.3, 0.4) is 0 Å². The van der Waals surface area contributed by atoms with Gasteiger partial charge < -0.3 is 5.73 Å². The van der Waals surface area contributed by atoms with Gasteiger partial charge in [0.2, 0.25) is 0 Å². The Balaban J connectivity index is 2.67. The van der Waals surface area contributed by atoms with Crippen molar-refractivity contribution in [3.8, 4) is 0 Å². The standard InChI is InChI=1S/C8H10N4O/c9-4-6-12-8(13)11-5-2-1-3-7(11)10-12/h1-3,5H,4,6,9H2. The van der Waals surface area contributed by atoms with E-state index in [9.17, 15) is 4.79 Å². The highest BCUT2D eigenvalue weighted by Crippen LogP contribution is 1.93. The molecule has 0 aliphatic carbocycles. The van der Waals surface area contributed by atoms with Crippen LogP contribution in [-0.4, -0.2) is 20.7 Å². The molecule has 0 fully saturated rings. The van der Waals surface area contributed by atoms with Crippen molar-refractivity contribution in [3.05, 3.63) is 34.9 Å². The van der Waals surface area contributed by atoms with Gasteiger partial charge in [-0.05, 0) is 12.1 Å². The van der Waals surface area contributed by atoms with E-state index in [1.54, 1.807) is 18.3 Å². The van der Waals surface area contributed by atoms with Crippen LogP contribution in [0.2, 0.25) is 0 Å². The van der Waals surface area contributed by atoms with E-state index in [4.69, 9.17) is 5.73 Å². The minimum Gasteiger partial charge on any atom is -0.329 e. The van der Waals surface area contributed by atoms with Crippen LogP contribution < -0.4 is 11.4 Å². The first-order valence-electron chi connectivity index (χ1n) is 4.07. The van der Waals surface area contributed by atoms with E-state index in [-0.39, 0.29) is 5.69 Å². The van der Waals surface area contributed by atoms with Gasteiger partial charge in [-0.15, -0.1) is 5.10 Å². The summed E-state index contributed by atoms with van der Waals surface area (Å²) in [5.41, 5.74) is 5.86. The number of nitrogens with zero attached hydrogens (tertiary/aromatic N) is 3. The Morgan fingerprint density at radius 2 is 2.31 bits per heavy atom. The third-order valence-corrected chi connectivity index (χ3v) is 1.83. The molecule has 0 saturated carbocycles. The van der Waals surface area contributed by atoms with E-state index < -0.39 is 0 Å². The van der Waals surface area contributed by atoms with Crippen LogP contribution in [0.4, 0.5) is 0 Å². The number of hydrogen-bond donors (Lipinski definition) is 1. The van der Waals surface area contributed by atoms with Crippen molar-refractivity contribution < 1.29 is 0 Å². The molecule has 68 valence electrons. The van der Waals surface area contributed by atoms with Crippen molar-refractivity contribution in [3.63, 3.8) is 0 Å². The fraction of sp³-hybridized carbons (Fsp3) is 0.250. The molecule has 0 spiro atoms. The third kappa shape index (κ3) is 1.23. The van der Waals surface area contributed by atoms with Crippen LogP contribution in [0.5, 0.6) is 0 Å². The summed E-state index contributed by atoms with van der Waals surface area (Å²) < 4.78 is 2.87. The first-order chi connectivity index (χ1) is 6.33. The van der Waals surface area contributed by atoms with Crippen molar-refractivity contribution >= 4 is 5.65 Å². The second kappa shape index (κ2) is 3.02. The van der Waals surface area contributed by atoms with Gasteiger partial charge in [0, 0.05) is 12.7 Å². The molecule has 2 aromatic heterocycles. The van der Waals surface area contributed by atoms with Crippen molar-refractivity contribution in [2.75, 3.05) is 6.54 Å². The topological polar surface area (TPSA) is 65.3 Å². The second-order valence-corrected chi connectivity index (χ2v) is 2.72. The molecule has 0 atom stereocenters. The van der Waals surface area contributed by atoms with Gasteiger partial charge in [0.1, 0.15) is 0 Å². The van der Waals surface area contributed by atoms with Crippen molar-refractivity contribution in [1.82, 2.24) is 14.2 Å². The lowest BCUT2D eigenvalue weighted by atomic mass is 10.5. The Morgan fingerprint density at radius 3 is 3.00 bits per heavy atom. The van der Waals surface area contributed by atoms with Crippen LogP contribution in [0, 0.1) is 0 Å². The van der Waals surface area contributed by atoms with Gasteiger partial charge in [-0.3, -0.25) is 4.40 Å². The normalized spacial score (nSPS) is 10.8. The number of nitrogens with two attached hydrogens (primary N) is 1. The molecule has 0 aliphatic rings.